The molecule has 1 fully saturated rings. The molecule has 1 aliphatic carbocycles. The van der Waals surface area contributed by atoms with Crippen LogP contribution in [0.5, 0.6) is 5.75 Å². The van der Waals surface area contributed by atoms with E-state index in [1.165, 1.54) is 5.56 Å². The van der Waals surface area contributed by atoms with Gasteiger partial charge in [-0.2, -0.15) is 0 Å². The Bertz CT molecular complexity index is 758. The van der Waals surface area contributed by atoms with Gasteiger partial charge in [-0.05, 0) is 42.7 Å². The number of nitrogens with one attached hydrogen (secondary N) is 1. The lowest BCUT2D eigenvalue weighted by molar-refractivity contribution is -0.147. The van der Waals surface area contributed by atoms with Crippen molar-refractivity contribution in [1.29, 1.82) is 0 Å². The third kappa shape index (κ3) is 5.33. The summed E-state index contributed by atoms with van der Waals surface area (Å²) >= 11 is 0. The molecule has 1 aliphatic rings. The van der Waals surface area contributed by atoms with Crippen molar-refractivity contribution in [3.63, 3.8) is 0 Å². The fourth-order valence-corrected chi connectivity index (χ4v) is 3.54. The molecule has 2 aromatic carbocycles. The molecule has 27 heavy (non-hydrogen) atoms. The SMILES string of the molecule is O=C(O)[C@H]1CCCC[C@H]1C(=O)Nc1ccc(OCCc2ccccc2)cc1. The Kier molecular flexibility index (Phi) is 6.47. The first-order valence-corrected chi connectivity index (χ1v) is 9.44. The molecule has 0 unspecified atom stereocenters. The first kappa shape index (κ1) is 19.0. The zero-order chi connectivity index (χ0) is 19.1. The number of carbonyl (C=O) groups is 2. The van der Waals surface area contributed by atoms with Crippen LogP contribution in [0.2, 0.25) is 0 Å². The summed E-state index contributed by atoms with van der Waals surface area (Å²) in [4.78, 5) is 23.9. The second-order valence-electron chi connectivity index (χ2n) is 6.93. The van der Waals surface area contributed by atoms with E-state index in [1.807, 2.05) is 30.3 Å². The van der Waals surface area contributed by atoms with Crippen molar-refractivity contribution in [2.45, 2.75) is 32.1 Å². The molecule has 0 saturated heterocycles. The second kappa shape index (κ2) is 9.21. The predicted octanol–water partition coefficient (Wildman–Crippen LogP) is 4.14. The van der Waals surface area contributed by atoms with Crippen LogP contribution in [0.3, 0.4) is 0 Å². The van der Waals surface area contributed by atoms with Crippen LogP contribution in [0.15, 0.2) is 54.6 Å². The molecule has 0 aliphatic heterocycles. The van der Waals surface area contributed by atoms with Crippen LogP contribution in [0.1, 0.15) is 31.2 Å². The molecule has 1 saturated carbocycles. The van der Waals surface area contributed by atoms with E-state index in [4.69, 9.17) is 4.74 Å². The highest BCUT2D eigenvalue weighted by Gasteiger charge is 2.35. The third-order valence-electron chi connectivity index (χ3n) is 5.04. The van der Waals surface area contributed by atoms with Crippen molar-refractivity contribution in [2.24, 2.45) is 11.8 Å². The zero-order valence-corrected chi connectivity index (χ0v) is 15.3. The lowest BCUT2D eigenvalue weighted by Crippen LogP contribution is -2.36. The maximum Gasteiger partial charge on any atom is 0.307 e. The summed E-state index contributed by atoms with van der Waals surface area (Å²) in [6.45, 7) is 0.581. The number of hydrogen-bond acceptors (Lipinski definition) is 3. The van der Waals surface area contributed by atoms with Crippen LogP contribution in [0, 0.1) is 11.8 Å². The molecule has 0 heterocycles. The fourth-order valence-electron chi connectivity index (χ4n) is 3.54. The number of carboxylic acid groups (broad SMARTS) is 1. The summed E-state index contributed by atoms with van der Waals surface area (Å²) in [6, 6.07) is 17.3. The monoisotopic (exact) mass is 367 g/mol. The predicted molar refractivity (Wildman–Crippen MR) is 104 cm³/mol. The maximum atomic E-state index is 12.5. The minimum absolute atomic E-state index is 0.208. The van der Waals surface area contributed by atoms with Crippen molar-refractivity contribution in [3.8, 4) is 5.75 Å². The van der Waals surface area contributed by atoms with Gasteiger partial charge in [0.05, 0.1) is 18.4 Å². The number of amides is 1. The van der Waals surface area contributed by atoms with Gasteiger partial charge in [-0.3, -0.25) is 9.59 Å². The molecule has 5 nitrogen and oxygen atoms in total. The highest BCUT2D eigenvalue weighted by molar-refractivity contribution is 5.95. The Balaban J connectivity index is 1.51. The van der Waals surface area contributed by atoms with Gasteiger partial charge in [0.15, 0.2) is 0 Å². The second-order valence-corrected chi connectivity index (χ2v) is 6.93. The highest BCUT2D eigenvalue weighted by Crippen LogP contribution is 2.31. The Hall–Kier alpha value is -2.82. The minimum Gasteiger partial charge on any atom is -0.493 e. The minimum atomic E-state index is -0.878. The van der Waals surface area contributed by atoms with Crippen LogP contribution < -0.4 is 10.1 Å². The molecule has 2 N–H and O–H groups in total. The van der Waals surface area contributed by atoms with Gasteiger partial charge in [-0.1, -0.05) is 43.2 Å². The van der Waals surface area contributed by atoms with Gasteiger partial charge in [-0.25, -0.2) is 0 Å². The first-order valence-electron chi connectivity index (χ1n) is 9.44. The van der Waals surface area contributed by atoms with Gasteiger partial charge in [0.1, 0.15) is 5.75 Å². The fraction of sp³-hybridized carbons (Fsp3) is 0.364. The van der Waals surface area contributed by atoms with Gasteiger partial charge in [0.25, 0.3) is 0 Å². The summed E-state index contributed by atoms with van der Waals surface area (Å²) in [5.74, 6) is -1.39. The van der Waals surface area contributed by atoms with Crippen LogP contribution in [-0.2, 0) is 16.0 Å². The van der Waals surface area contributed by atoms with E-state index in [9.17, 15) is 14.7 Å². The zero-order valence-electron chi connectivity index (χ0n) is 15.3. The normalized spacial score (nSPS) is 19.3. The van der Waals surface area contributed by atoms with Crippen LogP contribution in [0.4, 0.5) is 5.69 Å². The molecule has 5 heteroatoms. The lowest BCUT2D eigenvalue weighted by Gasteiger charge is -2.27. The van der Waals surface area contributed by atoms with E-state index in [1.54, 1.807) is 12.1 Å². The quantitative estimate of drug-likeness (QED) is 0.771. The average Bonchev–Trinajstić information content (AvgIpc) is 2.70. The van der Waals surface area contributed by atoms with Crippen LogP contribution in [0.25, 0.3) is 0 Å². The summed E-state index contributed by atoms with van der Waals surface area (Å²) in [6.07, 6.45) is 3.80. The third-order valence-corrected chi connectivity index (χ3v) is 5.04. The van der Waals surface area contributed by atoms with Gasteiger partial charge in [-0.15, -0.1) is 0 Å². The average molecular weight is 367 g/mol. The van der Waals surface area contributed by atoms with E-state index >= 15 is 0 Å². The van der Waals surface area contributed by atoms with E-state index in [0.717, 1.165) is 25.0 Å². The number of benzene rings is 2. The molecule has 0 radical (unpaired) electrons. The largest absolute Gasteiger partial charge is 0.493 e. The molecular weight excluding hydrogens is 342 g/mol. The standard InChI is InChI=1S/C22H25NO4/c24-21(19-8-4-5-9-20(19)22(25)26)23-17-10-12-18(13-11-17)27-15-14-16-6-2-1-3-7-16/h1-3,6-7,10-13,19-20H,4-5,8-9,14-15H2,(H,23,24)(H,25,26)/t19-,20+/m1/s1. The Morgan fingerprint density at radius 2 is 1.63 bits per heavy atom. The van der Waals surface area contributed by atoms with Gasteiger partial charge >= 0.3 is 5.97 Å². The topological polar surface area (TPSA) is 75.6 Å². The molecule has 3 rings (SSSR count). The summed E-state index contributed by atoms with van der Waals surface area (Å²) in [5.41, 5.74) is 1.88. The number of ether oxygens (including phenoxy) is 1. The van der Waals surface area contributed by atoms with Crippen LogP contribution in [-0.4, -0.2) is 23.6 Å². The molecule has 142 valence electrons. The van der Waals surface area contributed by atoms with Crippen molar-refractivity contribution in [3.05, 3.63) is 60.2 Å². The van der Waals surface area contributed by atoms with E-state index in [2.05, 4.69) is 17.4 Å². The van der Waals surface area contributed by atoms with Crippen molar-refractivity contribution < 1.29 is 19.4 Å². The number of carbonyl (C=O) groups excluding carboxylic acids is 1. The summed E-state index contributed by atoms with van der Waals surface area (Å²) in [5, 5.41) is 12.2. The van der Waals surface area contributed by atoms with Crippen molar-refractivity contribution in [1.82, 2.24) is 0 Å². The summed E-state index contributed by atoms with van der Waals surface area (Å²) < 4.78 is 5.74. The van der Waals surface area contributed by atoms with Gasteiger partial charge < -0.3 is 15.2 Å². The number of hydrogen-bond donors (Lipinski definition) is 2. The van der Waals surface area contributed by atoms with Crippen LogP contribution >= 0.6 is 0 Å². The Labute approximate surface area is 159 Å². The van der Waals surface area contributed by atoms with Crippen molar-refractivity contribution in [2.75, 3.05) is 11.9 Å². The number of aliphatic carboxylic acids is 1. The lowest BCUT2D eigenvalue weighted by atomic mass is 9.78. The maximum absolute atomic E-state index is 12.5. The Morgan fingerprint density at radius 3 is 2.30 bits per heavy atom. The number of rotatable bonds is 7. The number of anilines is 1. The molecular formula is C22H25NO4. The van der Waals surface area contributed by atoms with E-state index in [0.29, 0.717) is 25.1 Å². The van der Waals surface area contributed by atoms with Crippen molar-refractivity contribution >= 4 is 17.6 Å². The Morgan fingerprint density at radius 1 is 0.963 bits per heavy atom. The molecule has 0 spiro atoms. The molecule has 2 aromatic rings. The van der Waals surface area contributed by atoms with Gasteiger partial charge in [0, 0.05) is 12.1 Å². The molecule has 0 aromatic heterocycles. The van der Waals surface area contributed by atoms with Gasteiger partial charge in [0.2, 0.25) is 5.91 Å². The molecule has 0 bridgehead atoms. The number of carboxylic acids is 1. The summed E-state index contributed by atoms with van der Waals surface area (Å²) in [7, 11) is 0. The first-order chi connectivity index (χ1) is 13.1. The van der Waals surface area contributed by atoms with E-state index < -0.39 is 17.8 Å². The van der Waals surface area contributed by atoms with E-state index in [-0.39, 0.29) is 5.91 Å². The smallest absolute Gasteiger partial charge is 0.307 e. The molecule has 2 atom stereocenters. The highest BCUT2D eigenvalue weighted by atomic mass is 16.5. The molecule has 1 amide bonds.